The molecule has 34 heavy (non-hydrogen) atoms. The van der Waals surface area contributed by atoms with Crippen LogP contribution in [0.3, 0.4) is 0 Å². The monoisotopic (exact) mass is 502 g/mol. The molecule has 0 atom stereocenters. The number of nitrogens with one attached hydrogen (secondary N) is 2. The highest BCUT2D eigenvalue weighted by Crippen LogP contribution is 2.27. The number of aryl methyl sites for hydroxylation is 1. The molecule has 0 aliphatic heterocycles. The zero-order valence-corrected chi connectivity index (χ0v) is 20.7. The summed E-state index contributed by atoms with van der Waals surface area (Å²) in [6.07, 6.45) is 3.08. The van der Waals surface area contributed by atoms with Gasteiger partial charge in [-0.2, -0.15) is 0 Å². The molecule has 0 unspecified atom stereocenters. The first-order valence-corrected chi connectivity index (χ1v) is 10.9. The highest BCUT2D eigenvalue weighted by atomic mass is 35.5. The third kappa shape index (κ3) is 6.41. The second-order valence-electron chi connectivity index (χ2n) is 7.09. The van der Waals surface area contributed by atoms with Gasteiger partial charge in [0.2, 0.25) is 0 Å². The van der Waals surface area contributed by atoms with E-state index < -0.39 is 0 Å². The van der Waals surface area contributed by atoms with E-state index in [2.05, 4.69) is 15.6 Å². The van der Waals surface area contributed by atoms with Gasteiger partial charge in [0.25, 0.3) is 0 Å². The number of rotatable bonds is 4. The number of pyridine rings is 1. The summed E-state index contributed by atoms with van der Waals surface area (Å²) < 4.78 is 14.8. The van der Waals surface area contributed by atoms with Gasteiger partial charge in [0.1, 0.15) is 5.82 Å². The predicted molar refractivity (Wildman–Crippen MR) is 138 cm³/mol. The van der Waals surface area contributed by atoms with Crippen molar-refractivity contribution in [2.75, 3.05) is 26.5 Å². The van der Waals surface area contributed by atoms with E-state index in [9.17, 15) is 14.0 Å². The number of carbonyl (C=O) groups is 2. The van der Waals surface area contributed by atoms with E-state index in [1.807, 2.05) is 27.1 Å². The molecule has 4 rings (SSSR count). The maximum atomic E-state index is 13.2. The summed E-state index contributed by atoms with van der Waals surface area (Å²) in [5, 5.41) is 7.35. The number of fused-ring (bicyclic) bond motifs is 1. The van der Waals surface area contributed by atoms with Crippen LogP contribution in [0.5, 0.6) is 0 Å². The molecule has 0 aliphatic carbocycles. The van der Waals surface area contributed by atoms with Gasteiger partial charge < -0.3 is 10.6 Å². The Morgan fingerprint density at radius 3 is 2.29 bits per heavy atom. The van der Waals surface area contributed by atoms with Crippen LogP contribution in [-0.4, -0.2) is 43.3 Å². The quantitative estimate of drug-likeness (QED) is 0.336. The van der Waals surface area contributed by atoms with Crippen LogP contribution in [0.15, 0.2) is 54.7 Å². The summed E-state index contributed by atoms with van der Waals surface area (Å²) >= 11 is 11.9. The number of halogens is 3. The van der Waals surface area contributed by atoms with Crippen molar-refractivity contribution in [1.29, 1.82) is 0 Å². The van der Waals surface area contributed by atoms with E-state index in [1.54, 1.807) is 48.1 Å². The van der Waals surface area contributed by atoms with Gasteiger partial charge in [-0.3, -0.25) is 14.2 Å². The number of carbonyl (C=O) groups excluding carboxylic acids is 2. The van der Waals surface area contributed by atoms with Gasteiger partial charge in [-0.25, -0.2) is 9.37 Å². The highest BCUT2D eigenvalue weighted by Gasteiger charge is 2.13. The van der Waals surface area contributed by atoms with Crippen LogP contribution in [0, 0.1) is 12.7 Å². The van der Waals surface area contributed by atoms with E-state index in [-0.39, 0.29) is 5.82 Å². The van der Waals surface area contributed by atoms with E-state index in [1.165, 1.54) is 12.1 Å². The van der Waals surface area contributed by atoms with E-state index in [0.29, 0.717) is 44.3 Å². The normalized spacial score (nSPS) is 9.97. The number of anilines is 1. The highest BCUT2D eigenvalue weighted by molar-refractivity contribution is 6.32. The van der Waals surface area contributed by atoms with Crippen LogP contribution in [0.2, 0.25) is 10.0 Å². The topological polar surface area (TPSA) is 76.0 Å². The Kier molecular flexibility index (Phi) is 10.2. The molecule has 0 saturated carbocycles. The van der Waals surface area contributed by atoms with E-state index in [4.69, 9.17) is 23.2 Å². The van der Waals surface area contributed by atoms with Crippen LogP contribution in [0.1, 0.15) is 26.4 Å². The summed E-state index contributed by atoms with van der Waals surface area (Å²) in [6.45, 7) is 1.91. The minimum atomic E-state index is -0.353. The van der Waals surface area contributed by atoms with Gasteiger partial charge >= 0.3 is 0 Å². The molecule has 9 heteroatoms. The van der Waals surface area contributed by atoms with Crippen LogP contribution in [-0.2, 0) is 0 Å². The fourth-order valence-electron chi connectivity index (χ4n) is 3.28. The number of hydrogen-bond acceptors (Lipinski definition) is 5. The zero-order valence-electron chi connectivity index (χ0n) is 19.2. The van der Waals surface area contributed by atoms with E-state index >= 15 is 0 Å². The lowest BCUT2D eigenvalue weighted by atomic mass is 10.1. The summed E-state index contributed by atoms with van der Waals surface area (Å²) in [6, 6.07) is 12.8. The van der Waals surface area contributed by atoms with Crippen molar-refractivity contribution in [3.8, 4) is 5.82 Å². The first-order valence-electron chi connectivity index (χ1n) is 10.2. The van der Waals surface area contributed by atoms with Crippen LogP contribution < -0.4 is 10.6 Å². The minimum absolute atomic E-state index is 0.353. The SMILES string of the molecule is CNC.CNc1c(C)cc(Cl)cc1C=O.O=Cc1cc2cc(F)ccc2n1-c1ncccc1Cl. The molecular weight excluding hydrogens is 478 g/mol. The molecule has 0 aliphatic rings. The average Bonchev–Trinajstić information content (AvgIpc) is 3.17. The molecule has 178 valence electrons. The lowest BCUT2D eigenvalue weighted by Crippen LogP contribution is -2.02. The number of aldehydes is 2. The van der Waals surface area contributed by atoms with Gasteiger partial charge in [0, 0.05) is 34.9 Å². The standard InChI is InChI=1S/C14H8ClFN2O.C9H10ClNO.C2H7N/c15-12-2-1-5-17-14(12)18-11(8-19)7-9-6-10(16)3-4-13(9)18;1-6-3-8(10)4-7(5-12)9(6)11-2;1-3-2/h1-8H;3-5,11H,1-2H3;3H,1-2H3. The van der Waals surface area contributed by atoms with Crippen molar-refractivity contribution in [1.82, 2.24) is 14.9 Å². The van der Waals surface area contributed by atoms with Crippen LogP contribution in [0.25, 0.3) is 16.7 Å². The lowest BCUT2D eigenvalue weighted by Gasteiger charge is -2.08. The first-order chi connectivity index (χ1) is 16.3. The average molecular weight is 503 g/mol. The number of nitrogens with zero attached hydrogens (tertiary/aromatic N) is 2. The second kappa shape index (κ2) is 12.8. The summed E-state index contributed by atoms with van der Waals surface area (Å²) in [4.78, 5) is 26.0. The molecule has 0 saturated heterocycles. The first kappa shape index (κ1) is 27.0. The molecule has 0 fully saturated rings. The van der Waals surface area contributed by atoms with Crippen molar-refractivity contribution >= 4 is 52.4 Å². The van der Waals surface area contributed by atoms with Crippen molar-refractivity contribution in [2.45, 2.75) is 6.92 Å². The molecule has 2 heterocycles. The second-order valence-corrected chi connectivity index (χ2v) is 7.93. The summed E-state index contributed by atoms with van der Waals surface area (Å²) in [5.74, 6) is 0.0992. The van der Waals surface area contributed by atoms with Crippen molar-refractivity contribution in [3.05, 3.63) is 87.4 Å². The zero-order chi connectivity index (χ0) is 25.3. The van der Waals surface area contributed by atoms with Gasteiger partial charge in [-0.1, -0.05) is 23.2 Å². The van der Waals surface area contributed by atoms with Gasteiger partial charge in [0.05, 0.1) is 16.2 Å². The smallest absolute Gasteiger partial charge is 0.166 e. The molecule has 0 bridgehead atoms. The Labute approximate surface area is 207 Å². The molecule has 0 spiro atoms. The molecule has 4 aromatic rings. The summed E-state index contributed by atoms with van der Waals surface area (Å²) in [5.41, 5.74) is 3.48. The fourth-order valence-corrected chi connectivity index (χ4v) is 3.76. The maximum absolute atomic E-state index is 13.2. The number of hydrogen-bond donors (Lipinski definition) is 2. The maximum Gasteiger partial charge on any atom is 0.166 e. The molecule has 2 N–H and O–H groups in total. The van der Waals surface area contributed by atoms with E-state index in [0.717, 1.165) is 17.5 Å². The molecule has 6 nitrogen and oxygen atoms in total. The van der Waals surface area contributed by atoms with Crippen LogP contribution in [0.4, 0.5) is 10.1 Å². The predicted octanol–water partition coefficient (Wildman–Crippen LogP) is 5.97. The molecule has 0 radical (unpaired) electrons. The summed E-state index contributed by atoms with van der Waals surface area (Å²) in [7, 11) is 5.53. The number of benzene rings is 2. The van der Waals surface area contributed by atoms with Gasteiger partial charge in [-0.15, -0.1) is 0 Å². The fraction of sp³-hybridized carbons (Fsp3) is 0.160. The largest absolute Gasteiger partial charge is 0.387 e. The molecule has 0 amide bonds. The molecule has 2 aromatic carbocycles. The Bertz CT molecular complexity index is 1290. The Morgan fingerprint density at radius 2 is 1.71 bits per heavy atom. The van der Waals surface area contributed by atoms with Crippen molar-refractivity contribution < 1.29 is 14.0 Å². The van der Waals surface area contributed by atoms with Gasteiger partial charge in [-0.05, 0) is 75.1 Å². The van der Waals surface area contributed by atoms with Crippen molar-refractivity contribution in [2.24, 2.45) is 0 Å². The Hall–Kier alpha value is -3.26. The minimum Gasteiger partial charge on any atom is -0.387 e. The third-order valence-electron chi connectivity index (χ3n) is 4.57. The number of aromatic nitrogens is 2. The molecule has 2 aromatic heterocycles. The van der Waals surface area contributed by atoms with Gasteiger partial charge in [0.15, 0.2) is 18.4 Å². The molecular formula is C25H25Cl2FN4O2. The Morgan fingerprint density at radius 1 is 1.00 bits per heavy atom. The Balaban J connectivity index is 0.000000234. The van der Waals surface area contributed by atoms with Crippen LogP contribution >= 0.6 is 23.2 Å². The third-order valence-corrected chi connectivity index (χ3v) is 5.08. The van der Waals surface area contributed by atoms with Crippen molar-refractivity contribution in [3.63, 3.8) is 0 Å². The lowest BCUT2D eigenvalue weighted by molar-refractivity contribution is 0.111.